The molecule has 1 aromatic carbocycles. The molecule has 114 valence electrons. The molecular formula is C14H18Cl2N4S. The van der Waals surface area contributed by atoms with Crippen molar-refractivity contribution in [2.24, 2.45) is 0 Å². The molecule has 21 heavy (non-hydrogen) atoms. The van der Waals surface area contributed by atoms with Gasteiger partial charge in [-0.2, -0.15) is 0 Å². The minimum atomic E-state index is 0. The van der Waals surface area contributed by atoms with Crippen LogP contribution in [0.2, 0.25) is 5.02 Å². The van der Waals surface area contributed by atoms with Crippen LogP contribution in [0.4, 0.5) is 10.8 Å². The quantitative estimate of drug-likeness (QED) is 0.928. The number of halogens is 2. The zero-order valence-electron chi connectivity index (χ0n) is 11.5. The third kappa shape index (κ3) is 4.23. The standard InChI is InChI=1S/C14H17ClN4S.ClH/c15-11-2-1-3-12(8-11)19-6-4-18(5-7-19)10-13-9-17-14(16)20-13;/h1-3,8-9H,4-7,10H2,(H2,16,17);1H. The molecule has 1 saturated heterocycles. The maximum atomic E-state index is 6.05. The summed E-state index contributed by atoms with van der Waals surface area (Å²) in [6.07, 6.45) is 1.88. The summed E-state index contributed by atoms with van der Waals surface area (Å²) < 4.78 is 0. The molecule has 0 bridgehead atoms. The average molecular weight is 345 g/mol. The van der Waals surface area contributed by atoms with E-state index in [0.29, 0.717) is 5.13 Å². The molecule has 3 rings (SSSR count). The van der Waals surface area contributed by atoms with Gasteiger partial charge in [-0.25, -0.2) is 4.98 Å². The second-order valence-corrected chi connectivity index (χ2v) is 6.49. The van der Waals surface area contributed by atoms with Gasteiger partial charge < -0.3 is 10.6 Å². The summed E-state index contributed by atoms with van der Waals surface area (Å²) in [5.41, 5.74) is 6.87. The third-order valence-electron chi connectivity index (χ3n) is 3.50. The number of thiazole rings is 1. The Balaban J connectivity index is 0.00000161. The summed E-state index contributed by atoms with van der Waals surface area (Å²) in [6.45, 7) is 5.08. The number of hydrogen-bond acceptors (Lipinski definition) is 5. The predicted molar refractivity (Wildman–Crippen MR) is 92.7 cm³/mol. The minimum absolute atomic E-state index is 0. The van der Waals surface area contributed by atoms with E-state index in [4.69, 9.17) is 17.3 Å². The molecule has 4 nitrogen and oxygen atoms in total. The van der Waals surface area contributed by atoms with E-state index in [-0.39, 0.29) is 12.4 Å². The van der Waals surface area contributed by atoms with Gasteiger partial charge >= 0.3 is 0 Å². The van der Waals surface area contributed by atoms with Crippen molar-refractivity contribution in [1.29, 1.82) is 0 Å². The van der Waals surface area contributed by atoms with Gasteiger partial charge in [0.2, 0.25) is 0 Å². The van der Waals surface area contributed by atoms with Crippen LogP contribution in [-0.4, -0.2) is 36.1 Å². The molecule has 0 aliphatic carbocycles. The van der Waals surface area contributed by atoms with Crippen LogP contribution in [0.25, 0.3) is 0 Å². The van der Waals surface area contributed by atoms with Gasteiger partial charge in [0.05, 0.1) is 0 Å². The van der Waals surface area contributed by atoms with E-state index in [0.717, 1.165) is 37.7 Å². The monoisotopic (exact) mass is 344 g/mol. The molecule has 1 aliphatic rings. The summed E-state index contributed by atoms with van der Waals surface area (Å²) in [5, 5.41) is 1.45. The summed E-state index contributed by atoms with van der Waals surface area (Å²) in [6, 6.07) is 8.06. The van der Waals surface area contributed by atoms with E-state index in [1.54, 1.807) is 11.3 Å². The molecule has 7 heteroatoms. The molecule has 1 fully saturated rings. The van der Waals surface area contributed by atoms with Gasteiger partial charge in [-0.3, -0.25) is 4.90 Å². The number of nitrogens with two attached hydrogens (primary N) is 1. The van der Waals surface area contributed by atoms with Crippen molar-refractivity contribution >= 4 is 46.2 Å². The van der Waals surface area contributed by atoms with Crippen molar-refractivity contribution < 1.29 is 0 Å². The van der Waals surface area contributed by atoms with E-state index in [1.165, 1.54) is 10.6 Å². The smallest absolute Gasteiger partial charge is 0.180 e. The first-order chi connectivity index (χ1) is 9.70. The van der Waals surface area contributed by atoms with Gasteiger partial charge in [0.25, 0.3) is 0 Å². The lowest BCUT2D eigenvalue weighted by Gasteiger charge is -2.35. The summed E-state index contributed by atoms with van der Waals surface area (Å²) >= 11 is 7.62. The number of nitrogens with zero attached hydrogens (tertiary/aromatic N) is 3. The maximum Gasteiger partial charge on any atom is 0.180 e. The highest BCUT2D eigenvalue weighted by molar-refractivity contribution is 7.15. The Morgan fingerprint density at radius 3 is 2.62 bits per heavy atom. The molecule has 0 amide bonds. The number of piperazine rings is 1. The highest BCUT2D eigenvalue weighted by Gasteiger charge is 2.18. The van der Waals surface area contributed by atoms with Crippen LogP contribution in [0.15, 0.2) is 30.5 Å². The molecule has 2 aromatic rings. The third-order valence-corrected chi connectivity index (χ3v) is 4.54. The highest BCUT2D eigenvalue weighted by atomic mass is 35.5. The van der Waals surface area contributed by atoms with Crippen molar-refractivity contribution in [3.05, 3.63) is 40.4 Å². The van der Waals surface area contributed by atoms with Gasteiger partial charge in [0.15, 0.2) is 5.13 Å². The molecule has 0 saturated carbocycles. The zero-order chi connectivity index (χ0) is 13.9. The minimum Gasteiger partial charge on any atom is -0.375 e. The molecule has 1 aliphatic heterocycles. The van der Waals surface area contributed by atoms with Gasteiger partial charge in [-0.1, -0.05) is 17.7 Å². The number of hydrogen-bond donors (Lipinski definition) is 1. The normalized spacial score (nSPS) is 15.8. The first-order valence-electron chi connectivity index (χ1n) is 6.64. The van der Waals surface area contributed by atoms with Gasteiger partial charge in [0.1, 0.15) is 0 Å². The molecular weight excluding hydrogens is 327 g/mol. The average Bonchev–Trinajstić information content (AvgIpc) is 2.85. The van der Waals surface area contributed by atoms with Crippen LogP contribution >= 0.6 is 35.3 Å². The Hall–Kier alpha value is -1.01. The van der Waals surface area contributed by atoms with Crippen LogP contribution < -0.4 is 10.6 Å². The Morgan fingerprint density at radius 2 is 2.00 bits per heavy atom. The topological polar surface area (TPSA) is 45.4 Å². The van der Waals surface area contributed by atoms with Gasteiger partial charge in [0, 0.05) is 54.5 Å². The first-order valence-corrected chi connectivity index (χ1v) is 7.83. The zero-order valence-corrected chi connectivity index (χ0v) is 13.9. The summed E-state index contributed by atoms with van der Waals surface area (Å²) in [4.78, 5) is 10.2. The number of anilines is 2. The fourth-order valence-electron chi connectivity index (χ4n) is 2.45. The van der Waals surface area contributed by atoms with E-state index in [2.05, 4.69) is 20.9 Å². The largest absolute Gasteiger partial charge is 0.375 e. The SMILES string of the molecule is Cl.Nc1ncc(CN2CCN(c3cccc(Cl)c3)CC2)s1. The fraction of sp³-hybridized carbons (Fsp3) is 0.357. The lowest BCUT2D eigenvalue weighted by atomic mass is 10.2. The molecule has 1 aromatic heterocycles. The predicted octanol–water partition coefficient (Wildman–Crippen LogP) is 3.12. The fourth-order valence-corrected chi connectivity index (χ4v) is 3.36. The van der Waals surface area contributed by atoms with Crippen molar-refractivity contribution in [3.8, 4) is 0 Å². The second-order valence-electron chi connectivity index (χ2n) is 4.91. The molecule has 0 spiro atoms. The van der Waals surface area contributed by atoms with E-state index >= 15 is 0 Å². The van der Waals surface area contributed by atoms with Crippen LogP contribution in [-0.2, 0) is 6.54 Å². The van der Waals surface area contributed by atoms with Crippen LogP contribution in [0.5, 0.6) is 0 Å². The van der Waals surface area contributed by atoms with E-state index in [1.807, 2.05) is 24.4 Å². The lowest BCUT2D eigenvalue weighted by Crippen LogP contribution is -2.45. The Morgan fingerprint density at radius 1 is 1.24 bits per heavy atom. The molecule has 0 unspecified atom stereocenters. The van der Waals surface area contributed by atoms with Gasteiger partial charge in [-0.15, -0.1) is 23.7 Å². The summed E-state index contributed by atoms with van der Waals surface area (Å²) in [7, 11) is 0. The van der Waals surface area contributed by atoms with Crippen LogP contribution in [0, 0.1) is 0 Å². The number of rotatable bonds is 3. The second kappa shape index (κ2) is 7.31. The van der Waals surface area contributed by atoms with Crippen molar-refractivity contribution in [1.82, 2.24) is 9.88 Å². The van der Waals surface area contributed by atoms with Crippen LogP contribution in [0.1, 0.15) is 4.88 Å². The Bertz CT molecular complexity index is 582. The Kier molecular flexibility index (Phi) is 5.70. The summed E-state index contributed by atoms with van der Waals surface area (Å²) in [5.74, 6) is 0. The number of benzene rings is 1. The Labute approximate surface area is 139 Å². The van der Waals surface area contributed by atoms with Crippen molar-refractivity contribution in [3.63, 3.8) is 0 Å². The lowest BCUT2D eigenvalue weighted by molar-refractivity contribution is 0.252. The van der Waals surface area contributed by atoms with Crippen LogP contribution in [0.3, 0.4) is 0 Å². The molecule has 0 atom stereocenters. The maximum absolute atomic E-state index is 6.05. The number of nitrogen functional groups attached to an aromatic ring is 1. The van der Waals surface area contributed by atoms with E-state index in [9.17, 15) is 0 Å². The number of aromatic nitrogens is 1. The molecule has 0 radical (unpaired) electrons. The molecule has 2 heterocycles. The first kappa shape index (κ1) is 16.4. The van der Waals surface area contributed by atoms with Crippen molar-refractivity contribution in [2.45, 2.75) is 6.54 Å². The van der Waals surface area contributed by atoms with Crippen molar-refractivity contribution in [2.75, 3.05) is 36.8 Å². The van der Waals surface area contributed by atoms with E-state index < -0.39 is 0 Å². The van der Waals surface area contributed by atoms with Gasteiger partial charge in [-0.05, 0) is 18.2 Å². The highest BCUT2D eigenvalue weighted by Crippen LogP contribution is 2.22. The molecule has 2 N–H and O–H groups in total.